The van der Waals surface area contributed by atoms with E-state index in [4.69, 9.17) is 4.98 Å². The van der Waals surface area contributed by atoms with E-state index in [1.165, 1.54) is 16.1 Å². The van der Waals surface area contributed by atoms with E-state index in [-0.39, 0.29) is 12.6 Å². The Morgan fingerprint density at radius 1 is 1.25 bits per heavy atom. The minimum absolute atomic E-state index is 0.193. The summed E-state index contributed by atoms with van der Waals surface area (Å²) in [6.45, 7) is 1.30. The number of benzene rings is 1. The fraction of sp³-hybridized carbons (Fsp3) is 0.476. The maximum Gasteiger partial charge on any atom is 0.317 e. The van der Waals surface area contributed by atoms with Crippen molar-refractivity contribution in [1.29, 1.82) is 0 Å². The van der Waals surface area contributed by atoms with Crippen LogP contribution in [0, 0.1) is 5.92 Å². The molecule has 1 aliphatic heterocycles. The number of carboxylic acids is 1. The van der Waals surface area contributed by atoms with Crippen LogP contribution < -0.4 is 5.32 Å². The number of fused-ring (bicyclic) bond motifs is 1. The van der Waals surface area contributed by atoms with Crippen LogP contribution in [-0.4, -0.2) is 40.1 Å². The minimum atomic E-state index is -0.821. The number of carbonyl (C=O) groups excluding carboxylic acids is 1. The Morgan fingerprint density at radius 3 is 2.86 bits per heavy atom. The number of urea groups is 1. The second kappa shape index (κ2) is 8.31. The fourth-order valence-corrected chi connectivity index (χ4v) is 5.27. The number of aromatic nitrogens is 1. The Labute approximate surface area is 168 Å². The van der Waals surface area contributed by atoms with Crippen molar-refractivity contribution in [2.45, 2.75) is 44.6 Å². The predicted molar refractivity (Wildman–Crippen MR) is 107 cm³/mol. The summed E-state index contributed by atoms with van der Waals surface area (Å²) in [6, 6.07) is 10.4. The summed E-state index contributed by atoms with van der Waals surface area (Å²) in [5.41, 5.74) is 2.56. The van der Waals surface area contributed by atoms with Gasteiger partial charge in [-0.1, -0.05) is 30.3 Å². The van der Waals surface area contributed by atoms with Crippen LogP contribution in [-0.2, 0) is 24.2 Å². The number of likely N-dealkylation sites (tertiary alicyclic amines) is 1. The summed E-state index contributed by atoms with van der Waals surface area (Å²) < 4.78 is 0. The van der Waals surface area contributed by atoms with E-state index in [0.717, 1.165) is 30.7 Å². The highest BCUT2D eigenvalue weighted by Gasteiger charge is 2.28. The summed E-state index contributed by atoms with van der Waals surface area (Å²) in [7, 11) is 0. The van der Waals surface area contributed by atoms with Crippen molar-refractivity contribution in [3.05, 3.63) is 51.5 Å². The first-order chi connectivity index (χ1) is 13.6. The van der Waals surface area contributed by atoms with Gasteiger partial charge in [0.1, 0.15) is 5.01 Å². The van der Waals surface area contributed by atoms with Gasteiger partial charge < -0.3 is 15.3 Å². The van der Waals surface area contributed by atoms with Crippen molar-refractivity contribution in [3.63, 3.8) is 0 Å². The molecule has 1 saturated heterocycles. The molecule has 1 aromatic heterocycles. The first-order valence-corrected chi connectivity index (χ1v) is 10.7. The van der Waals surface area contributed by atoms with E-state index >= 15 is 0 Å². The lowest BCUT2D eigenvalue weighted by Crippen LogP contribution is -2.46. The maximum atomic E-state index is 12.4. The van der Waals surface area contributed by atoms with Crippen LogP contribution in [0.2, 0.25) is 0 Å². The molecule has 1 aromatic carbocycles. The van der Waals surface area contributed by atoms with E-state index in [2.05, 4.69) is 29.6 Å². The monoisotopic (exact) mass is 399 g/mol. The fourth-order valence-electron chi connectivity index (χ4n) is 4.14. The van der Waals surface area contributed by atoms with Gasteiger partial charge in [-0.15, -0.1) is 11.3 Å². The van der Waals surface area contributed by atoms with Crippen LogP contribution in [0.25, 0.3) is 0 Å². The molecular weight excluding hydrogens is 374 g/mol. The normalized spacial score (nSPS) is 21.8. The molecule has 7 heteroatoms. The van der Waals surface area contributed by atoms with Crippen molar-refractivity contribution in [2.75, 3.05) is 13.1 Å². The van der Waals surface area contributed by atoms with E-state index in [1.807, 2.05) is 6.07 Å². The third-order valence-electron chi connectivity index (χ3n) is 5.70. The zero-order valence-corrected chi connectivity index (χ0v) is 16.6. The lowest BCUT2D eigenvalue weighted by atomic mass is 9.85. The molecule has 4 rings (SSSR count). The molecule has 2 N–H and O–H groups in total. The molecule has 1 fully saturated rings. The van der Waals surface area contributed by atoms with Gasteiger partial charge in [-0.05, 0) is 43.6 Å². The minimum Gasteiger partial charge on any atom is -0.481 e. The Balaban J connectivity index is 1.34. The summed E-state index contributed by atoms with van der Waals surface area (Å²) in [5, 5.41) is 13.0. The number of piperidine rings is 1. The molecule has 2 aromatic rings. The molecular formula is C21H25N3O3S. The molecule has 2 unspecified atom stereocenters. The van der Waals surface area contributed by atoms with Crippen LogP contribution in [0.1, 0.15) is 46.3 Å². The van der Waals surface area contributed by atoms with Crippen molar-refractivity contribution >= 4 is 23.3 Å². The predicted octanol–water partition coefficient (Wildman–Crippen LogP) is 3.42. The lowest BCUT2D eigenvalue weighted by Gasteiger charge is -2.30. The van der Waals surface area contributed by atoms with Gasteiger partial charge in [0.2, 0.25) is 0 Å². The van der Waals surface area contributed by atoms with Gasteiger partial charge in [0.15, 0.2) is 0 Å². The number of thiazole rings is 1. The van der Waals surface area contributed by atoms with Gasteiger partial charge in [-0.2, -0.15) is 0 Å². The molecule has 0 saturated carbocycles. The van der Waals surface area contributed by atoms with Crippen LogP contribution in [0.3, 0.4) is 0 Å². The third-order valence-corrected chi connectivity index (χ3v) is 6.82. The number of carboxylic acid groups (broad SMARTS) is 1. The van der Waals surface area contributed by atoms with Gasteiger partial charge >= 0.3 is 12.0 Å². The van der Waals surface area contributed by atoms with Gasteiger partial charge in [0.05, 0.1) is 18.2 Å². The Hall–Kier alpha value is -2.41. The van der Waals surface area contributed by atoms with E-state index in [1.54, 1.807) is 16.2 Å². The van der Waals surface area contributed by atoms with Crippen molar-refractivity contribution in [3.8, 4) is 0 Å². The second-order valence-electron chi connectivity index (χ2n) is 7.61. The highest BCUT2D eigenvalue weighted by molar-refractivity contribution is 7.11. The SMILES string of the molecule is O=C(O)C1CCCN(C(=O)NCc2nc3c(s2)CC(c2ccccc2)CC3)C1. The molecule has 148 valence electrons. The number of nitrogens with zero attached hydrogens (tertiary/aromatic N) is 2. The first kappa shape index (κ1) is 18.9. The molecule has 0 bridgehead atoms. The third kappa shape index (κ3) is 4.19. The lowest BCUT2D eigenvalue weighted by molar-refractivity contribution is -0.143. The number of aliphatic carboxylic acids is 1. The Kier molecular flexibility index (Phi) is 5.62. The number of carbonyl (C=O) groups is 2. The molecule has 28 heavy (non-hydrogen) atoms. The summed E-state index contributed by atoms with van der Waals surface area (Å²) in [6.07, 6.45) is 4.47. The van der Waals surface area contributed by atoms with E-state index in [9.17, 15) is 14.7 Å². The van der Waals surface area contributed by atoms with E-state index in [0.29, 0.717) is 25.4 Å². The standard InChI is InChI=1S/C21H25N3O3S/c25-20(26)16-7-4-10-24(13-16)21(27)22-12-19-23-17-9-8-15(11-18(17)28-19)14-5-2-1-3-6-14/h1-3,5-6,15-16H,4,7-13H2,(H,22,27)(H,25,26). The molecule has 6 nitrogen and oxygen atoms in total. The Morgan fingerprint density at radius 2 is 2.07 bits per heavy atom. The quantitative estimate of drug-likeness (QED) is 0.825. The van der Waals surface area contributed by atoms with Crippen LogP contribution >= 0.6 is 11.3 Å². The van der Waals surface area contributed by atoms with Crippen molar-refractivity contribution < 1.29 is 14.7 Å². The summed E-state index contributed by atoms with van der Waals surface area (Å²) in [5.74, 6) is -0.738. The number of hydrogen-bond acceptors (Lipinski definition) is 4. The largest absolute Gasteiger partial charge is 0.481 e. The van der Waals surface area contributed by atoms with Crippen molar-refractivity contribution in [1.82, 2.24) is 15.2 Å². The molecule has 2 amide bonds. The number of hydrogen-bond donors (Lipinski definition) is 2. The molecule has 0 spiro atoms. The van der Waals surface area contributed by atoms with Crippen LogP contribution in [0.5, 0.6) is 0 Å². The van der Waals surface area contributed by atoms with Crippen LogP contribution in [0.15, 0.2) is 30.3 Å². The number of amides is 2. The maximum absolute atomic E-state index is 12.4. The highest BCUT2D eigenvalue weighted by Crippen LogP contribution is 2.35. The van der Waals surface area contributed by atoms with Gasteiger partial charge in [0, 0.05) is 18.0 Å². The van der Waals surface area contributed by atoms with Gasteiger partial charge in [-0.3, -0.25) is 4.79 Å². The summed E-state index contributed by atoms with van der Waals surface area (Å²) >= 11 is 1.69. The number of rotatable bonds is 4. The first-order valence-electron chi connectivity index (χ1n) is 9.88. The summed E-state index contributed by atoms with van der Waals surface area (Å²) in [4.78, 5) is 31.3. The zero-order valence-electron chi connectivity index (χ0n) is 15.8. The number of aryl methyl sites for hydroxylation is 1. The topological polar surface area (TPSA) is 82.5 Å². The second-order valence-corrected chi connectivity index (χ2v) is 8.78. The van der Waals surface area contributed by atoms with Gasteiger partial charge in [-0.25, -0.2) is 9.78 Å². The van der Waals surface area contributed by atoms with Crippen molar-refractivity contribution in [2.24, 2.45) is 5.92 Å². The number of nitrogens with one attached hydrogen (secondary N) is 1. The molecule has 0 radical (unpaired) electrons. The zero-order chi connectivity index (χ0) is 19.5. The molecule has 2 atom stereocenters. The molecule has 2 aliphatic rings. The molecule has 1 aliphatic carbocycles. The molecule has 2 heterocycles. The Bertz CT molecular complexity index is 852. The average molecular weight is 400 g/mol. The highest BCUT2D eigenvalue weighted by atomic mass is 32.1. The van der Waals surface area contributed by atoms with Gasteiger partial charge in [0.25, 0.3) is 0 Å². The smallest absolute Gasteiger partial charge is 0.317 e. The van der Waals surface area contributed by atoms with E-state index < -0.39 is 11.9 Å². The average Bonchev–Trinajstić information content (AvgIpc) is 3.15. The van der Waals surface area contributed by atoms with Crippen LogP contribution in [0.4, 0.5) is 4.79 Å².